The zero-order valence-electron chi connectivity index (χ0n) is 16.9. The molecule has 0 atom stereocenters. The number of piperidine rings is 1. The molecule has 4 heterocycles. The number of carbonyl (C=O) groups excluding carboxylic acids is 2. The van der Waals surface area contributed by atoms with Crippen LogP contribution in [0.3, 0.4) is 0 Å². The molecule has 0 radical (unpaired) electrons. The van der Waals surface area contributed by atoms with E-state index in [1.165, 1.54) is 41.8 Å². The lowest BCUT2D eigenvalue weighted by Crippen LogP contribution is -2.32. The summed E-state index contributed by atoms with van der Waals surface area (Å²) in [4.78, 5) is 32.4. The van der Waals surface area contributed by atoms with Crippen molar-refractivity contribution in [1.29, 1.82) is 0 Å². The fourth-order valence-corrected chi connectivity index (χ4v) is 5.05. The van der Waals surface area contributed by atoms with E-state index in [0.717, 1.165) is 36.8 Å². The van der Waals surface area contributed by atoms with Gasteiger partial charge < -0.3 is 9.73 Å². The number of thiazole rings is 1. The molecule has 2 amide bonds. The lowest BCUT2D eigenvalue weighted by Gasteiger charge is -2.29. The predicted molar refractivity (Wildman–Crippen MR) is 119 cm³/mol. The molecule has 1 saturated heterocycles. The summed E-state index contributed by atoms with van der Waals surface area (Å²) in [5.74, 6) is 0.466. The molecule has 0 spiro atoms. The number of hydrogen-bond donors (Lipinski definition) is 2. The van der Waals surface area contributed by atoms with Crippen LogP contribution in [0.5, 0.6) is 0 Å². The van der Waals surface area contributed by atoms with Crippen LogP contribution in [-0.4, -0.2) is 34.8 Å². The molecule has 0 aliphatic carbocycles. The average molecular weight is 445 g/mol. The van der Waals surface area contributed by atoms with E-state index >= 15 is 0 Å². The smallest absolute Gasteiger partial charge is 0.291 e. The van der Waals surface area contributed by atoms with Crippen LogP contribution in [0.25, 0.3) is 0 Å². The number of nitrogens with zero attached hydrogens (tertiary/aromatic N) is 2. The van der Waals surface area contributed by atoms with Crippen molar-refractivity contribution < 1.29 is 14.0 Å². The zero-order chi connectivity index (χ0) is 21.1. The van der Waals surface area contributed by atoms with Crippen molar-refractivity contribution in [3.63, 3.8) is 0 Å². The highest BCUT2D eigenvalue weighted by Crippen LogP contribution is 2.29. The molecular weight excluding hydrogens is 420 g/mol. The summed E-state index contributed by atoms with van der Waals surface area (Å²) >= 11 is 2.67. The van der Waals surface area contributed by atoms with E-state index in [1.807, 2.05) is 12.3 Å². The Labute approximate surface area is 183 Å². The van der Waals surface area contributed by atoms with Crippen LogP contribution in [0.1, 0.15) is 51.2 Å². The molecule has 3 aromatic heterocycles. The third-order valence-corrected chi connectivity index (χ3v) is 7.10. The van der Waals surface area contributed by atoms with Crippen molar-refractivity contribution in [2.24, 2.45) is 5.92 Å². The van der Waals surface area contributed by atoms with E-state index in [0.29, 0.717) is 15.0 Å². The van der Waals surface area contributed by atoms with Gasteiger partial charge in [0.1, 0.15) is 0 Å². The van der Waals surface area contributed by atoms with Crippen LogP contribution in [0.4, 0.5) is 10.1 Å². The number of furan rings is 1. The standard InChI is InChI=1S/C21H24N4O3S2/c1-13-5-7-25(8-6-13)11-15-12-29-21(22-15)24-20(27)18-14(2)10-17(30-18)23-19(26)16-4-3-9-28-16/h3-4,9-10,12-13H,5-8,11H2,1-2H3,(H,23,26)(H,22,24,27). The lowest BCUT2D eigenvalue weighted by atomic mass is 9.99. The van der Waals surface area contributed by atoms with Crippen LogP contribution in [0.15, 0.2) is 34.3 Å². The van der Waals surface area contributed by atoms with Gasteiger partial charge in [0.2, 0.25) is 0 Å². The molecule has 158 valence electrons. The van der Waals surface area contributed by atoms with Gasteiger partial charge in [-0.2, -0.15) is 0 Å². The third kappa shape index (κ3) is 4.97. The van der Waals surface area contributed by atoms with Crippen molar-refractivity contribution in [1.82, 2.24) is 9.88 Å². The molecule has 0 aromatic carbocycles. The highest BCUT2D eigenvalue weighted by Gasteiger charge is 2.19. The Morgan fingerprint density at radius 3 is 2.80 bits per heavy atom. The van der Waals surface area contributed by atoms with E-state index in [9.17, 15) is 9.59 Å². The molecule has 30 heavy (non-hydrogen) atoms. The Hall–Kier alpha value is -2.49. The van der Waals surface area contributed by atoms with Gasteiger partial charge in [0.05, 0.1) is 21.8 Å². The largest absolute Gasteiger partial charge is 0.459 e. The van der Waals surface area contributed by atoms with Gasteiger partial charge in [-0.15, -0.1) is 22.7 Å². The maximum absolute atomic E-state index is 12.7. The van der Waals surface area contributed by atoms with Crippen LogP contribution < -0.4 is 10.6 Å². The minimum absolute atomic E-state index is 0.219. The number of rotatable bonds is 6. The summed E-state index contributed by atoms with van der Waals surface area (Å²) in [6, 6.07) is 5.03. The van der Waals surface area contributed by atoms with Crippen LogP contribution in [0.2, 0.25) is 0 Å². The maximum atomic E-state index is 12.7. The lowest BCUT2D eigenvalue weighted by molar-refractivity contribution is 0.0995. The normalized spacial score (nSPS) is 15.3. The van der Waals surface area contributed by atoms with Crippen LogP contribution >= 0.6 is 22.7 Å². The van der Waals surface area contributed by atoms with Crippen LogP contribution in [-0.2, 0) is 6.54 Å². The molecule has 0 saturated carbocycles. The monoisotopic (exact) mass is 444 g/mol. The Morgan fingerprint density at radius 2 is 2.07 bits per heavy atom. The molecule has 1 fully saturated rings. The first-order valence-corrected chi connectivity index (χ1v) is 11.6. The number of amides is 2. The fraction of sp³-hybridized carbons (Fsp3) is 0.381. The Balaban J connectivity index is 1.35. The number of carbonyl (C=O) groups is 2. The SMILES string of the molecule is Cc1cc(NC(=O)c2ccco2)sc1C(=O)Nc1nc(CN2CCC(C)CC2)cs1. The quantitative estimate of drug-likeness (QED) is 0.568. The van der Waals surface area contributed by atoms with Crippen molar-refractivity contribution in [3.05, 3.63) is 51.7 Å². The molecule has 1 aliphatic heterocycles. The van der Waals surface area contributed by atoms with E-state index in [1.54, 1.807) is 18.2 Å². The fourth-order valence-electron chi connectivity index (χ4n) is 3.39. The first-order valence-electron chi connectivity index (χ1n) is 9.91. The van der Waals surface area contributed by atoms with Crippen molar-refractivity contribution in [2.75, 3.05) is 23.7 Å². The summed E-state index contributed by atoms with van der Waals surface area (Å²) < 4.78 is 5.10. The van der Waals surface area contributed by atoms with E-state index in [4.69, 9.17) is 4.42 Å². The minimum atomic E-state index is -0.343. The van der Waals surface area contributed by atoms with Gasteiger partial charge in [-0.1, -0.05) is 6.92 Å². The van der Waals surface area contributed by atoms with Gasteiger partial charge in [0, 0.05) is 11.9 Å². The molecule has 9 heteroatoms. The van der Waals surface area contributed by atoms with Crippen molar-refractivity contribution in [2.45, 2.75) is 33.2 Å². The van der Waals surface area contributed by atoms with Crippen LogP contribution in [0, 0.1) is 12.8 Å². The van der Waals surface area contributed by atoms with Crippen molar-refractivity contribution in [3.8, 4) is 0 Å². The number of aromatic nitrogens is 1. The van der Waals surface area contributed by atoms with Crippen molar-refractivity contribution >= 4 is 44.6 Å². The van der Waals surface area contributed by atoms with Gasteiger partial charge in [-0.3, -0.25) is 19.8 Å². The van der Waals surface area contributed by atoms with Gasteiger partial charge in [-0.25, -0.2) is 4.98 Å². The maximum Gasteiger partial charge on any atom is 0.291 e. The number of aryl methyl sites for hydroxylation is 1. The zero-order valence-corrected chi connectivity index (χ0v) is 18.6. The summed E-state index contributed by atoms with van der Waals surface area (Å²) in [5, 5.41) is 8.84. The first-order chi connectivity index (χ1) is 14.5. The number of thiophene rings is 1. The predicted octanol–water partition coefficient (Wildman–Crippen LogP) is 4.84. The molecular formula is C21H24N4O3S2. The molecule has 1 aliphatic rings. The number of likely N-dealkylation sites (tertiary alicyclic amines) is 1. The molecule has 2 N–H and O–H groups in total. The summed E-state index contributed by atoms with van der Waals surface area (Å²) in [7, 11) is 0. The molecule has 4 rings (SSSR count). The van der Waals surface area contributed by atoms with Gasteiger partial charge >= 0.3 is 0 Å². The second kappa shape index (κ2) is 9.11. The second-order valence-electron chi connectivity index (χ2n) is 7.61. The highest BCUT2D eigenvalue weighted by atomic mass is 32.1. The molecule has 0 unspecified atom stereocenters. The van der Waals surface area contributed by atoms with E-state index in [2.05, 4.69) is 27.4 Å². The van der Waals surface area contributed by atoms with Gasteiger partial charge in [0.25, 0.3) is 11.8 Å². The topological polar surface area (TPSA) is 87.5 Å². The summed E-state index contributed by atoms with van der Waals surface area (Å²) in [6.07, 6.45) is 3.90. The number of nitrogens with one attached hydrogen (secondary N) is 2. The van der Waals surface area contributed by atoms with E-state index in [-0.39, 0.29) is 17.6 Å². The minimum Gasteiger partial charge on any atom is -0.459 e. The van der Waals surface area contributed by atoms with E-state index < -0.39 is 0 Å². The summed E-state index contributed by atoms with van der Waals surface area (Å²) in [6.45, 7) is 7.16. The number of anilines is 2. The highest BCUT2D eigenvalue weighted by molar-refractivity contribution is 7.18. The second-order valence-corrected chi connectivity index (χ2v) is 9.52. The molecule has 7 nitrogen and oxygen atoms in total. The Kier molecular flexibility index (Phi) is 6.31. The average Bonchev–Trinajstić information content (AvgIpc) is 3.45. The van der Waals surface area contributed by atoms with Gasteiger partial charge in [-0.05, 0) is 62.5 Å². The molecule has 3 aromatic rings. The number of hydrogen-bond acceptors (Lipinski definition) is 7. The van der Waals surface area contributed by atoms with Gasteiger partial charge in [0.15, 0.2) is 10.9 Å². The Morgan fingerprint density at radius 1 is 1.27 bits per heavy atom. The first kappa shape index (κ1) is 20.8. The molecule has 0 bridgehead atoms. The summed E-state index contributed by atoms with van der Waals surface area (Å²) in [5.41, 5.74) is 1.78. The Bertz CT molecular complexity index is 1020. The third-order valence-electron chi connectivity index (χ3n) is 5.14.